The number of pyridine rings is 1. The Morgan fingerprint density at radius 1 is 1.16 bits per heavy atom. The van der Waals surface area contributed by atoms with Crippen LogP contribution in [0.3, 0.4) is 0 Å². The van der Waals surface area contributed by atoms with Crippen molar-refractivity contribution in [3.8, 4) is 17.8 Å². The lowest BCUT2D eigenvalue weighted by molar-refractivity contribution is 0.270. The lowest BCUT2D eigenvalue weighted by Crippen LogP contribution is -2.41. The molecule has 0 amide bonds. The first-order valence-corrected chi connectivity index (χ1v) is 13.5. The van der Waals surface area contributed by atoms with E-state index < -0.39 is 8.32 Å². The first kappa shape index (κ1) is 23.6. The molecule has 8 heteroatoms. The highest BCUT2D eigenvalue weighted by Crippen LogP contribution is 2.36. The highest BCUT2D eigenvalue weighted by Gasteiger charge is 2.37. The molecule has 0 bridgehead atoms. The number of nitriles is 1. The van der Waals surface area contributed by atoms with Gasteiger partial charge in [0.15, 0.2) is 14.1 Å². The predicted molar refractivity (Wildman–Crippen MR) is 124 cm³/mol. The van der Waals surface area contributed by atoms with Crippen molar-refractivity contribution in [2.45, 2.75) is 51.9 Å². The molecule has 0 unspecified atom stereocenters. The fourth-order valence-electron chi connectivity index (χ4n) is 2.83. The molecule has 0 aliphatic heterocycles. The summed E-state index contributed by atoms with van der Waals surface area (Å²) in [6.07, 6.45) is 3.94. The molecule has 168 valence electrons. The van der Waals surface area contributed by atoms with Crippen molar-refractivity contribution in [3.05, 3.63) is 71.3 Å². The molecule has 0 radical (unpaired) electrons. The number of rotatable bonds is 8. The standard InChI is InChI=1S/C24H29FN4O2Si/c1-24(2,3)32(4,5)31-13-11-20-16-28-29(22-14-19(15-26)10-12-27-22)23(20)30-17-18-6-8-21(25)9-7-18/h6-10,12,14,16H,11,13,17H2,1-5H3. The van der Waals surface area contributed by atoms with Crippen LogP contribution in [0, 0.1) is 17.1 Å². The summed E-state index contributed by atoms with van der Waals surface area (Å²) in [6, 6.07) is 11.6. The summed E-state index contributed by atoms with van der Waals surface area (Å²) < 4.78 is 27.3. The quantitative estimate of drug-likeness (QED) is 0.427. The zero-order valence-corrected chi connectivity index (χ0v) is 20.2. The number of hydrogen-bond donors (Lipinski definition) is 0. The zero-order valence-electron chi connectivity index (χ0n) is 19.2. The average Bonchev–Trinajstić information content (AvgIpc) is 3.15. The van der Waals surface area contributed by atoms with Crippen molar-refractivity contribution in [3.63, 3.8) is 0 Å². The maximum atomic E-state index is 13.2. The van der Waals surface area contributed by atoms with Gasteiger partial charge in [-0.15, -0.1) is 0 Å². The van der Waals surface area contributed by atoms with Gasteiger partial charge in [0.25, 0.3) is 0 Å². The first-order valence-electron chi connectivity index (χ1n) is 10.6. The number of aromatic nitrogens is 3. The van der Waals surface area contributed by atoms with Crippen LogP contribution in [-0.4, -0.2) is 29.7 Å². The van der Waals surface area contributed by atoms with E-state index in [4.69, 9.17) is 9.16 Å². The molecule has 6 nitrogen and oxygen atoms in total. The van der Waals surface area contributed by atoms with E-state index in [9.17, 15) is 9.65 Å². The van der Waals surface area contributed by atoms with E-state index in [0.29, 0.717) is 30.3 Å². The summed E-state index contributed by atoms with van der Waals surface area (Å²) >= 11 is 0. The summed E-state index contributed by atoms with van der Waals surface area (Å²) in [5, 5.41) is 13.8. The van der Waals surface area contributed by atoms with E-state index in [2.05, 4.69) is 50.0 Å². The van der Waals surface area contributed by atoms with E-state index in [1.54, 1.807) is 41.3 Å². The van der Waals surface area contributed by atoms with Gasteiger partial charge in [0, 0.05) is 30.9 Å². The van der Waals surface area contributed by atoms with Crippen molar-refractivity contribution in [2.75, 3.05) is 6.61 Å². The van der Waals surface area contributed by atoms with Crippen LogP contribution in [0.4, 0.5) is 4.39 Å². The second-order valence-corrected chi connectivity index (χ2v) is 14.0. The van der Waals surface area contributed by atoms with Crippen molar-refractivity contribution < 1.29 is 13.6 Å². The lowest BCUT2D eigenvalue weighted by atomic mass is 10.2. The summed E-state index contributed by atoms with van der Waals surface area (Å²) in [5.41, 5.74) is 2.20. The average molecular weight is 453 g/mol. The lowest BCUT2D eigenvalue weighted by Gasteiger charge is -2.36. The minimum Gasteiger partial charge on any atom is -0.472 e. The van der Waals surface area contributed by atoms with E-state index >= 15 is 0 Å². The van der Waals surface area contributed by atoms with E-state index in [-0.39, 0.29) is 17.5 Å². The molecule has 0 saturated carbocycles. The van der Waals surface area contributed by atoms with Gasteiger partial charge in [-0.2, -0.15) is 15.0 Å². The highest BCUT2D eigenvalue weighted by atomic mass is 28.4. The number of benzene rings is 1. The molecular weight excluding hydrogens is 423 g/mol. The Morgan fingerprint density at radius 3 is 2.53 bits per heavy atom. The second-order valence-electron chi connectivity index (χ2n) is 9.18. The SMILES string of the molecule is CC(C)(C)[Si](C)(C)OCCc1cnn(-c2cc(C#N)ccn2)c1OCc1ccc(F)cc1. The van der Waals surface area contributed by atoms with Crippen molar-refractivity contribution in [1.82, 2.24) is 14.8 Å². The van der Waals surface area contributed by atoms with Crippen LogP contribution < -0.4 is 4.74 Å². The van der Waals surface area contributed by atoms with Gasteiger partial charge < -0.3 is 9.16 Å². The van der Waals surface area contributed by atoms with Crippen molar-refractivity contribution in [1.29, 1.82) is 5.26 Å². The van der Waals surface area contributed by atoms with Gasteiger partial charge in [-0.3, -0.25) is 0 Å². The second kappa shape index (κ2) is 9.63. The monoisotopic (exact) mass is 452 g/mol. The van der Waals surface area contributed by atoms with Gasteiger partial charge in [-0.05, 0) is 41.9 Å². The van der Waals surface area contributed by atoms with E-state index in [1.165, 1.54) is 12.1 Å². The van der Waals surface area contributed by atoms with Crippen molar-refractivity contribution in [2.24, 2.45) is 0 Å². The number of halogens is 1. The third kappa shape index (κ3) is 5.61. The summed E-state index contributed by atoms with van der Waals surface area (Å²) in [7, 11) is -1.87. The molecule has 3 aromatic rings. The first-order chi connectivity index (χ1) is 15.1. The largest absolute Gasteiger partial charge is 0.472 e. The summed E-state index contributed by atoms with van der Waals surface area (Å²) in [5.74, 6) is 0.741. The third-order valence-electron chi connectivity index (χ3n) is 5.82. The zero-order chi connectivity index (χ0) is 23.4. The molecule has 0 N–H and O–H groups in total. The number of ether oxygens (including phenoxy) is 1. The molecule has 0 spiro atoms. The molecular formula is C24H29FN4O2Si. The Labute approximate surface area is 189 Å². The van der Waals surface area contributed by atoms with E-state index in [0.717, 1.165) is 11.1 Å². The van der Waals surface area contributed by atoms with Gasteiger partial charge in [0.05, 0.1) is 17.8 Å². The molecule has 0 atom stereocenters. The minimum absolute atomic E-state index is 0.126. The maximum absolute atomic E-state index is 13.2. The highest BCUT2D eigenvalue weighted by molar-refractivity contribution is 6.74. The predicted octanol–water partition coefficient (Wildman–Crippen LogP) is 5.42. The topological polar surface area (TPSA) is 73.0 Å². The maximum Gasteiger partial charge on any atom is 0.221 e. The van der Waals surface area contributed by atoms with Crippen LogP contribution in [0.5, 0.6) is 5.88 Å². The van der Waals surface area contributed by atoms with Gasteiger partial charge in [0.1, 0.15) is 12.4 Å². The van der Waals surface area contributed by atoms with Gasteiger partial charge >= 0.3 is 0 Å². The molecule has 1 aromatic carbocycles. The Morgan fingerprint density at radius 2 is 1.88 bits per heavy atom. The van der Waals surface area contributed by atoms with Crippen LogP contribution in [-0.2, 0) is 17.5 Å². The number of nitrogens with zero attached hydrogens (tertiary/aromatic N) is 4. The molecule has 2 aromatic heterocycles. The van der Waals surface area contributed by atoms with Crippen LogP contribution >= 0.6 is 0 Å². The Balaban J connectivity index is 1.84. The summed E-state index contributed by atoms with van der Waals surface area (Å²) in [6.45, 7) is 11.9. The van der Waals surface area contributed by atoms with Crippen LogP contribution in [0.15, 0.2) is 48.8 Å². The third-order valence-corrected chi connectivity index (χ3v) is 10.4. The Bertz CT molecular complexity index is 1100. The van der Waals surface area contributed by atoms with Crippen LogP contribution in [0.1, 0.15) is 37.5 Å². The smallest absolute Gasteiger partial charge is 0.221 e. The fraction of sp³-hybridized carbons (Fsp3) is 0.375. The minimum atomic E-state index is -1.87. The normalized spacial score (nSPS) is 11.9. The van der Waals surface area contributed by atoms with Crippen LogP contribution in [0.2, 0.25) is 18.1 Å². The number of hydrogen-bond acceptors (Lipinski definition) is 5. The van der Waals surface area contributed by atoms with E-state index in [1.807, 2.05) is 0 Å². The molecule has 0 fully saturated rings. The van der Waals surface area contributed by atoms with Crippen LogP contribution in [0.25, 0.3) is 5.82 Å². The summed E-state index contributed by atoms with van der Waals surface area (Å²) in [4.78, 5) is 4.35. The molecule has 0 saturated heterocycles. The molecule has 3 rings (SSSR count). The molecule has 0 aliphatic carbocycles. The van der Waals surface area contributed by atoms with Crippen molar-refractivity contribution >= 4 is 8.32 Å². The van der Waals surface area contributed by atoms with Gasteiger partial charge in [-0.25, -0.2) is 9.37 Å². The molecule has 2 heterocycles. The molecule has 32 heavy (non-hydrogen) atoms. The van der Waals surface area contributed by atoms with Gasteiger partial charge in [-0.1, -0.05) is 32.9 Å². The Hall–Kier alpha value is -3.02. The fourth-order valence-corrected chi connectivity index (χ4v) is 3.87. The molecule has 0 aliphatic rings. The Kier molecular flexibility index (Phi) is 7.11. The van der Waals surface area contributed by atoms with Gasteiger partial charge in [0.2, 0.25) is 5.88 Å².